The summed E-state index contributed by atoms with van der Waals surface area (Å²) in [6, 6.07) is 0. The summed E-state index contributed by atoms with van der Waals surface area (Å²) in [6.07, 6.45) is 12.1. The van der Waals surface area contributed by atoms with Crippen LogP contribution >= 0.6 is 15.9 Å². The van der Waals surface area contributed by atoms with Crippen LogP contribution in [0, 0.1) is 11.8 Å². The van der Waals surface area contributed by atoms with Crippen molar-refractivity contribution in [3.05, 3.63) is 0 Å². The van der Waals surface area contributed by atoms with Crippen molar-refractivity contribution in [1.82, 2.24) is 0 Å². The van der Waals surface area contributed by atoms with Crippen molar-refractivity contribution in [2.75, 3.05) is 5.33 Å². The van der Waals surface area contributed by atoms with Gasteiger partial charge in [0.05, 0.1) is 0 Å². The van der Waals surface area contributed by atoms with E-state index in [1.165, 1.54) is 44.9 Å². The number of ether oxygens (including phenoxy) is 1. The number of hydrogen-bond acceptors (Lipinski definition) is 2. The first-order valence-corrected chi connectivity index (χ1v) is 8.17. The molecule has 98 valence electrons. The lowest BCUT2D eigenvalue weighted by molar-refractivity contribution is -0.147. The van der Waals surface area contributed by atoms with Crippen molar-refractivity contribution in [2.45, 2.75) is 63.9 Å². The molecule has 0 aromatic carbocycles. The molecule has 0 heterocycles. The second-order valence-corrected chi connectivity index (χ2v) is 6.12. The van der Waals surface area contributed by atoms with E-state index in [1.54, 1.807) is 0 Å². The summed E-state index contributed by atoms with van der Waals surface area (Å²) in [7, 11) is 0. The third-order valence-corrected chi connectivity index (χ3v) is 4.90. The van der Waals surface area contributed by atoms with E-state index in [2.05, 4.69) is 15.9 Å². The van der Waals surface area contributed by atoms with Gasteiger partial charge < -0.3 is 4.74 Å². The lowest BCUT2D eigenvalue weighted by Crippen LogP contribution is -2.28. The average Bonchev–Trinajstić information content (AvgIpc) is 2.40. The molecule has 3 heteroatoms. The molecule has 2 fully saturated rings. The standard InChI is InChI=1S/C14H23BrO2/c15-10-14(16)17-13-8-6-12(7-9-13)11-4-2-1-3-5-11/h11-13H,1-10H2. The normalized spacial score (nSPS) is 31.1. The summed E-state index contributed by atoms with van der Waals surface area (Å²) in [4.78, 5) is 11.2. The highest BCUT2D eigenvalue weighted by molar-refractivity contribution is 9.09. The molecule has 2 aliphatic rings. The van der Waals surface area contributed by atoms with Crippen molar-refractivity contribution in [1.29, 1.82) is 0 Å². The second-order valence-electron chi connectivity index (χ2n) is 5.56. The number of rotatable bonds is 3. The summed E-state index contributed by atoms with van der Waals surface area (Å²) in [6.45, 7) is 0. The van der Waals surface area contributed by atoms with E-state index in [4.69, 9.17) is 4.74 Å². The van der Waals surface area contributed by atoms with Gasteiger partial charge in [-0.3, -0.25) is 4.79 Å². The molecule has 0 bridgehead atoms. The van der Waals surface area contributed by atoms with Gasteiger partial charge in [0.2, 0.25) is 0 Å². The SMILES string of the molecule is O=C(CBr)OC1CCC(C2CCCCC2)CC1. The summed E-state index contributed by atoms with van der Waals surface area (Å²) in [5.41, 5.74) is 0. The Morgan fingerprint density at radius 3 is 2.12 bits per heavy atom. The molecule has 2 rings (SSSR count). The van der Waals surface area contributed by atoms with Crippen LogP contribution in [0.15, 0.2) is 0 Å². The van der Waals surface area contributed by atoms with Gasteiger partial charge in [0.25, 0.3) is 0 Å². The quantitative estimate of drug-likeness (QED) is 0.580. The predicted octanol–water partition coefficient (Wildman–Crippen LogP) is 4.06. The van der Waals surface area contributed by atoms with E-state index in [-0.39, 0.29) is 12.1 Å². The van der Waals surface area contributed by atoms with Crippen molar-refractivity contribution < 1.29 is 9.53 Å². The molecule has 0 N–H and O–H groups in total. The monoisotopic (exact) mass is 302 g/mol. The van der Waals surface area contributed by atoms with Gasteiger partial charge in [-0.25, -0.2) is 0 Å². The summed E-state index contributed by atoms with van der Waals surface area (Å²) < 4.78 is 5.39. The van der Waals surface area contributed by atoms with Crippen molar-refractivity contribution in [2.24, 2.45) is 11.8 Å². The van der Waals surface area contributed by atoms with E-state index in [0.29, 0.717) is 5.33 Å². The first kappa shape index (κ1) is 13.4. The van der Waals surface area contributed by atoms with E-state index in [1.807, 2.05) is 0 Å². The number of esters is 1. The summed E-state index contributed by atoms with van der Waals surface area (Å²) >= 11 is 3.14. The molecule has 0 aromatic rings. The number of carbonyl (C=O) groups excluding carboxylic acids is 1. The van der Waals surface area contributed by atoms with Crippen LogP contribution in [-0.4, -0.2) is 17.4 Å². The first-order chi connectivity index (χ1) is 8.29. The Balaban J connectivity index is 1.71. The van der Waals surface area contributed by atoms with Crippen LogP contribution in [0.1, 0.15) is 57.8 Å². The highest BCUT2D eigenvalue weighted by Crippen LogP contribution is 2.38. The van der Waals surface area contributed by atoms with Gasteiger partial charge in [0, 0.05) is 0 Å². The molecule has 2 nitrogen and oxygen atoms in total. The molecule has 0 aromatic heterocycles. The van der Waals surface area contributed by atoms with Gasteiger partial charge in [0.15, 0.2) is 0 Å². The Kier molecular flexibility index (Phi) is 5.33. The number of alkyl halides is 1. The molecule has 0 saturated heterocycles. The molecular formula is C14H23BrO2. The van der Waals surface area contributed by atoms with Crippen LogP contribution in [0.25, 0.3) is 0 Å². The molecule has 0 aliphatic heterocycles. The lowest BCUT2D eigenvalue weighted by Gasteiger charge is -2.35. The van der Waals surface area contributed by atoms with E-state index in [9.17, 15) is 4.79 Å². The number of hydrogen-bond donors (Lipinski definition) is 0. The fourth-order valence-corrected chi connectivity index (χ4v) is 3.63. The zero-order valence-electron chi connectivity index (χ0n) is 10.5. The van der Waals surface area contributed by atoms with Crippen molar-refractivity contribution in [3.8, 4) is 0 Å². The minimum Gasteiger partial charge on any atom is -0.462 e. The lowest BCUT2D eigenvalue weighted by atomic mass is 9.73. The highest BCUT2D eigenvalue weighted by Gasteiger charge is 2.29. The third-order valence-electron chi connectivity index (χ3n) is 4.44. The Morgan fingerprint density at radius 1 is 0.941 bits per heavy atom. The molecular weight excluding hydrogens is 280 g/mol. The Morgan fingerprint density at radius 2 is 1.53 bits per heavy atom. The van der Waals surface area contributed by atoms with Crippen LogP contribution in [0.2, 0.25) is 0 Å². The molecule has 17 heavy (non-hydrogen) atoms. The molecule has 0 spiro atoms. The van der Waals surface area contributed by atoms with Crippen molar-refractivity contribution >= 4 is 21.9 Å². The molecule has 0 radical (unpaired) electrons. The first-order valence-electron chi connectivity index (χ1n) is 7.05. The third kappa shape index (κ3) is 3.97. The molecule has 0 amide bonds. The number of carbonyl (C=O) groups is 1. The maximum atomic E-state index is 11.2. The second kappa shape index (κ2) is 6.77. The van der Waals surface area contributed by atoms with Gasteiger partial charge in [-0.15, -0.1) is 0 Å². The molecule has 0 unspecified atom stereocenters. The fraction of sp³-hybridized carbons (Fsp3) is 0.929. The minimum absolute atomic E-state index is 0.105. The Bertz CT molecular complexity index is 241. The van der Waals surface area contributed by atoms with Gasteiger partial charge >= 0.3 is 5.97 Å². The van der Waals surface area contributed by atoms with E-state index < -0.39 is 0 Å². The molecule has 2 saturated carbocycles. The predicted molar refractivity (Wildman–Crippen MR) is 72.2 cm³/mol. The largest absolute Gasteiger partial charge is 0.462 e. The van der Waals surface area contributed by atoms with Crippen LogP contribution in [0.3, 0.4) is 0 Å². The average molecular weight is 303 g/mol. The highest BCUT2D eigenvalue weighted by atomic mass is 79.9. The zero-order valence-corrected chi connectivity index (χ0v) is 12.1. The van der Waals surface area contributed by atoms with Crippen LogP contribution < -0.4 is 0 Å². The van der Waals surface area contributed by atoms with Gasteiger partial charge in [-0.2, -0.15) is 0 Å². The van der Waals surface area contributed by atoms with Crippen LogP contribution in [0.5, 0.6) is 0 Å². The number of halogens is 1. The zero-order chi connectivity index (χ0) is 12.1. The molecule has 2 aliphatic carbocycles. The van der Waals surface area contributed by atoms with Crippen LogP contribution in [0.4, 0.5) is 0 Å². The van der Waals surface area contributed by atoms with Crippen LogP contribution in [-0.2, 0) is 9.53 Å². The maximum absolute atomic E-state index is 11.2. The Hall–Kier alpha value is -0.0500. The topological polar surface area (TPSA) is 26.3 Å². The maximum Gasteiger partial charge on any atom is 0.316 e. The van der Waals surface area contributed by atoms with Gasteiger partial charge in [-0.05, 0) is 37.5 Å². The summed E-state index contributed by atoms with van der Waals surface area (Å²) in [5.74, 6) is 1.77. The Labute approximate surface area is 113 Å². The summed E-state index contributed by atoms with van der Waals surface area (Å²) in [5, 5.41) is 0.329. The minimum atomic E-state index is -0.105. The molecule has 0 atom stereocenters. The fourth-order valence-electron chi connectivity index (χ4n) is 3.50. The smallest absolute Gasteiger partial charge is 0.316 e. The van der Waals surface area contributed by atoms with Gasteiger partial charge in [0.1, 0.15) is 11.4 Å². The van der Waals surface area contributed by atoms with E-state index >= 15 is 0 Å². The van der Waals surface area contributed by atoms with Gasteiger partial charge in [-0.1, -0.05) is 48.0 Å². The van der Waals surface area contributed by atoms with E-state index in [0.717, 1.165) is 24.7 Å². The van der Waals surface area contributed by atoms with Crippen molar-refractivity contribution in [3.63, 3.8) is 0 Å².